The van der Waals surface area contributed by atoms with E-state index in [0.717, 1.165) is 45.9 Å². The van der Waals surface area contributed by atoms with Gasteiger partial charge in [-0.3, -0.25) is 14.6 Å². The third-order valence-corrected chi connectivity index (χ3v) is 16.3. The lowest BCUT2D eigenvalue weighted by Crippen LogP contribution is -2.36. The number of hydrogen-bond donors (Lipinski definition) is 1. The lowest BCUT2D eigenvalue weighted by atomic mass is 10.0. The van der Waals surface area contributed by atoms with Gasteiger partial charge in [0.25, 0.3) is 0 Å². The molecule has 3 fully saturated rings. The first kappa shape index (κ1) is 65.7. The van der Waals surface area contributed by atoms with Crippen LogP contribution in [0, 0.1) is 11.6 Å². The Morgan fingerprint density at radius 3 is 1.97 bits per heavy atom. The summed E-state index contributed by atoms with van der Waals surface area (Å²) in [5.41, 5.74) is 3.34. The molecule has 0 aliphatic carbocycles. The Labute approximate surface area is 521 Å². The first-order chi connectivity index (χ1) is 42.4. The molecule has 1 N–H and O–H groups in total. The Kier molecular flexibility index (Phi) is 23.2. The van der Waals surface area contributed by atoms with Crippen LogP contribution in [-0.4, -0.2) is 185 Å². The summed E-state index contributed by atoms with van der Waals surface area (Å²) < 4.78 is 50.1. The minimum absolute atomic E-state index is 0.00305. The van der Waals surface area contributed by atoms with Crippen molar-refractivity contribution < 1.29 is 46.9 Å². The van der Waals surface area contributed by atoms with Gasteiger partial charge >= 0.3 is 24.0 Å². The monoisotopic (exact) mass is 1250 g/mol. The van der Waals surface area contributed by atoms with E-state index in [0.29, 0.717) is 90.5 Å². The molecule has 11 rings (SSSR count). The number of benzene rings is 4. The minimum atomic E-state index is -0.619. The fourth-order valence-corrected chi connectivity index (χ4v) is 11.4. The fourth-order valence-electron chi connectivity index (χ4n) is 10.8. The maximum absolute atomic E-state index is 16.1. The van der Waals surface area contributed by atoms with E-state index in [4.69, 9.17) is 32.7 Å². The van der Waals surface area contributed by atoms with Crippen molar-refractivity contribution in [2.45, 2.75) is 51.1 Å². The lowest BCUT2D eigenvalue weighted by Gasteiger charge is -2.33. The van der Waals surface area contributed by atoms with Crippen LogP contribution in [0.3, 0.4) is 0 Å². The molecule has 0 radical (unpaired) electrons. The van der Waals surface area contributed by atoms with Gasteiger partial charge in [0.15, 0.2) is 5.82 Å². The van der Waals surface area contributed by atoms with Gasteiger partial charge < -0.3 is 53.7 Å². The first-order valence-corrected chi connectivity index (χ1v) is 29.7. The van der Waals surface area contributed by atoms with Gasteiger partial charge in [-0.25, -0.2) is 18.4 Å². The second-order valence-electron chi connectivity index (χ2n) is 21.5. The number of nitrogens with one attached hydrogen (secondary N) is 1. The van der Waals surface area contributed by atoms with E-state index < -0.39 is 29.5 Å². The quantitative estimate of drug-likeness (QED) is 0.0797. The molecule has 4 aliphatic heterocycles. The number of anilines is 3. The summed E-state index contributed by atoms with van der Waals surface area (Å²) in [7, 11) is 13.5. The van der Waals surface area contributed by atoms with E-state index >= 15 is 4.39 Å². The SMILES string of the molecule is CN1CCCC1.CN1CCCC1.COC(=O)/C=C/C(=O)N1CCC(N(C)c2nc(OC)nc3c(F)c(-c4cccc5cccc(Cl)c45)ncc23)C1.COC(=O)/C=C/C(=O)NCCN(C)c1nc(OC)nc2c1CCN(c1cccc3ccc(F)c(Cl)c13)C2. The third kappa shape index (κ3) is 16.2. The molecule has 0 saturated carbocycles. The lowest BCUT2D eigenvalue weighted by molar-refractivity contribution is -0.135. The molecule has 0 spiro atoms. The smallest absolute Gasteiger partial charge is 0.330 e. The predicted octanol–water partition coefficient (Wildman–Crippen LogP) is 9.11. The van der Waals surface area contributed by atoms with Gasteiger partial charge in [-0.1, -0.05) is 71.7 Å². The maximum Gasteiger partial charge on any atom is 0.330 e. The molecular formula is C64H74Cl2F2N12O8. The number of aromatic nitrogens is 5. The Morgan fingerprint density at radius 2 is 1.33 bits per heavy atom. The standard InChI is InChI=1S/C28H25ClFN5O4.C26H27ClFN5O4.2C5H11N/c1-34(17-12-13-35(15-17)21(36)10-11-22(37)38-2)27-19-14-31-25(24(30)26(19)32-28(33-27)39-3)18-8-4-6-16-7-5-9-20(29)23(16)18;1-32(14-12-29-21(34)9-10-22(35)36-2)25-17-11-13-33(15-19(17)30-26(31-25)37-3)20-6-4-5-16-7-8-18(28)24(27)23(16)20;2*1-6-4-2-3-5-6/h4-11,14,17H,12-13,15H2,1-3H3;4-10H,11-15H2,1-3H3,(H,29,34);2*2-5H2,1H3/b11-10+;10-9+;;. The predicted molar refractivity (Wildman–Crippen MR) is 339 cm³/mol. The number of amides is 2. The van der Waals surface area contributed by atoms with Crippen molar-refractivity contribution in [3.8, 4) is 23.3 Å². The zero-order valence-corrected chi connectivity index (χ0v) is 52.3. The summed E-state index contributed by atoms with van der Waals surface area (Å²) in [6, 6.07) is 20.0. The summed E-state index contributed by atoms with van der Waals surface area (Å²) >= 11 is 12.9. The number of nitrogens with zero attached hydrogens (tertiary/aromatic N) is 11. The highest BCUT2D eigenvalue weighted by molar-refractivity contribution is 6.37. The van der Waals surface area contributed by atoms with E-state index in [1.165, 1.54) is 92.4 Å². The zero-order valence-electron chi connectivity index (χ0n) is 50.8. The van der Waals surface area contributed by atoms with Crippen LogP contribution in [0.2, 0.25) is 10.0 Å². The van der Waals surface area contributed by atoms with Gasteiger partial charge in [-0.05, 0) is 108 Å². The number of likely N-dealkylation sites (N-methyl/N-ethyl adjacent to an activating group) is 2. The Bertz CT molecular complexity index is 3680. The van der Waals surface area contributed by atoms with Gasteiger partial charge in [0.2, 0.25) is 11.8 Å². The van der Waals surface area contributed by atoms with Crippen LogP contribution in [0.5, 0.6) is 12.0 Å². The van der Waals surface area contributed by atoms with Crippen molar-refractivity contribution in [1.82, 2.24) is 44.9 Å². The van der Waals surface area contributed by atoms with Crippen molar-refractivity contribution in [2.75, 3.05) is 130 Å². The Balaban J connectivity index is 0.000000191. The molecule has 466 valence electrons. The van der Waals surface area contributed by atoms with Gasteiger partial charge in [0, 0.05) is 116 Å². The molecule has 3 aromatic heterocycles. The molecule has 24 heteroatoms. The molecule has 4 aromatic carbocycles. The second kappa shape index (κ2) is 31.0. The highest BCUT2D eigenvalue weighted by Gasteiger charge is 2.32. The van der Waals surface area contributed by atoms with Gasteiger partial charge in [0.05, 0.1) is 51.1 Å². The van der Waals surface area contributed by atoms with Crippen molar-refractivity contribution in [2.24, 2.45) is 0 Å². The number of rotatable bonds is 14. The number of halogens is 4. The van der Waals surface area contributed by atoms with E-state index in [2.05, 4.69) is 68.5 Å². The molecule has 7 aromatic rings. The van der Waals surface area contributed by atoms with E-state index in [1.807, 2.05) is 66.4 Å². The molecule has 1 unspecified atom stereocenters. The summed E-state index contributed by atoms with van der Waals surface area (Å²) in [6.07, 6.45) is 13.0. The molecule has 7 heterocycles. The van der Waals surface area contributed by atoms with E-state index in [-0.39, 0.29) is 40.2 Å². The number of pyridine rings is 1. The number of hydrogen-bond acceptors (Lipinski definition) is 18. The van der Waals surface area contributed by atoms with Crippen LogP contribution in [0.25, 0.3) is 43.7 Å². The molecule has 88 heavy (non-hydrogen) atoms. The van der Waals surface area contributed by atoms with Crippen LogP contribution in [0.1, 0.15) is 43.4 Å². The Hall–Kier alpha value is -8.31. The summed E-state index contributed by atoms with van der Waals surface area (Å²) in [4.78, 5) is 81.6. The topological polar surface area (TPSA) is 201 Å². The maximum atomic E-state index is 16.1. The number of fused-ring (bicyclic) bond motifs is 4. The number of methoxy groups -OCH3 is 4. The van der Waals surface area contributed by atoms with Crippen LogP contribution in [0.15, 0.2) is 97.2 Å². The average Bonchev–Trinajstić information content (AvgIpc) is 1.01. The number of ether oxygens (including phenoxy) is 4. The van der Waals surface area contributed by atoms with Crippen molar-refractivity contribution in [3.05, 3.63) is 130 Å². The molecule has 20 nitrogen and oxygen atoms in total. The summed E-state index contributed by atoms with van der Waals surface area (Å²) in [5, 5.41) is 6.81. The largest absolute Gasteiger partial charge is 0.467 e. The van der Waals surface area contributed by atoms with Crippen LogP contribution >= 0.6 is 23.2 Å². The normalized spacial score (nSPS) is 15.7. The number of carbonyl (C=O) groups excluding carboxylic acids is 4. The zero-order chi connectivity index (χ0) is 63.0. The van der Waals surface area contributed by atoms with Gasteiger partial charge in [0.1, 0.15) is 28.7 Å². The van der Waals surface area contributed by atoms with Crippen molar-refractivity contribution >= 4 is 96.7 Å². The first-order valence-electron chi connectivity index (χ1n) is 29.0. The summed E-state index contributed by atoms with van der Waals surface area (Å²) in [5.74, 6) is -1.84. The highest BCUT2D eigenvalue weighted by Crippen LogP contribution is 2.40. The molecule has 1 atom stereocenters. The second-order valence-corrected chi connectivity index (χ2v) is 22.3. The minimum Gasteiger partial charge on any atom is -0.467 e. The van der Waals surface area contributed by atoms with Crippen LogP contribution in [-0.2, 0) is 41.6 Å². The van der Waals surface area contributed by atoms with Crippen LogP contribution < -0.4 is 29.5 Å². The van der Waals surface area contributed by atoms with Crippen LogP contribution in [0.4, 0.5) is 26.1 Å². The van der Waals surface area contributed by atoms with Crippen molar-refractivity contribution in [1.29, 1.82) is 0 Å². The molecule has 2 amide bonds. The molecular weight excluding hydrogens is 1170 g/mol. The third-order valence-electron chi connectivity index (χ3n) is 15.7. The van der Waals surface area contributed by atoms with Gasteiger partial charge in [-0.15, -0.1) is 0 Å². The Morgan fingerprint density at radius 1 is 0.716 bits per heavy atom. The molecule has 0 bridgehead atoms. The van der Waals surface area contributed by atoms with E-state index in [1.54, 1.807) is 29.3 Å². The van der Waals surface area contributed by atoms with E-state index in [9.17, 15) is 23.6 Å². The summed E-state index contributed by atoms with van der Waals surface area (Å²) in [6.45, 7) is 8.07. The van der Waals surface area contributed by atoms with Crippen molar-refractivity contribution in [3.63, 3.8) is 0 Å². The number of carbonyl (C=O) groups is 4. The van der Waals surface area contributed by atoms with Gasteiger partial charge in [-0.2, -0.15) is 19.9 Å². The number of esters is 2. The fraction of sp³-hybridized carbons (Fsp3) is 0.391. The highest BCUT2D eigenvalue weighted by atomic mass is 35.5. The molecule has 4 aliphatic rings. The average molecular weight is 1250 g/mol. The number of likely N-dealkylation sites (tertiary alicyclic amines) is 3. The molecule has 3 saturated heterocycles.